The molecule has 80 valence electrons. The lowest BCUT2D eigenvalue weighted by molar-refractivity contribution is 0.453. The fourth-order valence-corrected chi connectivity index (χ4v) is 2.94. The molecular formula is C10H12N2OS2. The van der Waals surface area contributed by atoms with E-state index in [9.17, 15) is 0 Å². The minimum atomic E-state index is 0.231. The Morgan fingerprint density at radius 2 is 2.53 bits per heavy atom. The second kappa shape index (κ2) is 4.83. The summed E-state index contributed by atoms with van der Waals surface area (Å²) >= 11 is 3.25. The molecule has 2 rings (SSSR count). The van der Waals surface area contributed by atoms with Crippen LogP contribution in [0, 0.1) is 6.92 Å². The molecule has 2 aromatic rings. The largest absolute Gasteiger partial charge is 0.440 e. The summed E-state index contributed by atoms with van der Waals surface area (Å²) in [6.45, 7) is 2.50. The second-order valence-electron chi connectivity index (χ2n) is 3.15. The van der Waals surface area contributed by atoms with Crippen molar-refractivity contribution in [3.8, 4) is 0 Å². The van der Waals surface area contributed by atoms with E-state index in [1.54, 1.807) is 29.4 Å². The topological polar surface area (TPSA) is 52.0 Å². The van der Waals surface area contributed by atoms with Crippen LogP contribution >= 0.6 is 23.1 Å². The molecule has 0 fully saturated rings. The molecule has 0 saturated carbocycles. The van der Waals surface area contributed by atoms with Gasteiger partial charge in [0.1, 0.15) is 6.26 Å². The van der Waals surface area contributed by atoms with Crippen LogP contribution in [0.25, 0.3) is 0 Å². The van der Waals surface area contributed by atoms with Crippen molar-refractivity contribution < 1.29 is 4.42 Å². The predicted molar refractivity (Wildman–Crippen MR) is 63.2 cm³/mol. The molecule has 3 nitrogen and oxygen atoms in total. The van der Waals surface area contributed by atoms with Gasteiger partial charge in [-0.3, -0.25) is 0 Å². The molecular weight excluding hydrogens is 228 g/mol. The van der Waals surface area contributed by atoms with Gasteiger partial charge in [0, 0.05) is 6.54 Å². The molecule has 0 aliphatic carbocycles. The smallest absolute Gasteiger partial charge is 0.256 e. The van der Waals surface area contributed by atoms with Crippen LogP contribution in [0.4, 0.5) is 0 Å². The lowest BCUT2D eigenvalue weighted by Gasteiger charge is -2.09. The molecule has 1 atom stereocenters. The summed E-state index contributed by atoms with van der Waals surface area (Å²) in [4.78, 5) is 4.25. The zero-order valence-electron chi connectivity index (χ0n) is 8.34. The van der Waals surface area contributed by atoms with E-state index in [1.807, 2.05) is 6.92 Å². The Morgan fingerprint density at radius 3 is 3.07 bits per heavy atom. The standard InChI is InChI=1S/C10H12N2OS2/c1-7-5-13-10(12-7)15-9(4-11)8-2-3-14-6-8/h2-3,5-6,9H,4,11H2,1H3. The van der Waals surface area contributed by atoms with Crippen molar-refractivity contribution in [3.63, 3.8) is 0 Å². The van der Waals surface area contributed by atoms with Crippen molar-refractivity contribution in [2.45, 2.75) is 17.4 Å². The number of hydrogen-bond donors (Lipinski definition) is 1. The molecule has 0 aliphatic heterocycles. The summed E-state index contributed by atoms with van der Waals surface area (Å²) in [6.07, 6.45) is 1.66. The van der Waals surface area contributed by atoms with Gasteiger partial charge in [-0.25, -0.2) is 4.98 Å². The number of nitrogens with two attached hydrogens (primary N) is 1. The molecule has 2 N–H and O–H groups in total. The zero-order valence-corrected chi connectivity index (χ0v) is 9.98. The third-order valence-corrected chi connectivity index (χ3v) is 3.81. The van der Waals surface area contributed by atoms with Crippen LogP contribution < -0.4 is 5.73 Å². The average Bonchev–Trinajstić information content (AvgIpc) is 2.85. The van der Waals surface area contributed by atoms with Crippen LogP contribution in [0.5, 0.6) is 0 Å². The van der Waals surface area contributed by atoms with E-state index in [-0.39, 0.29) is 5.25 Å². The first-order valence-corrected chi connectivity index (χ1v) is 6.43. The SMILES string of the molecule is Cc1coc(SC(CN)c2ccsc2)n1. The van der Waals surface area contributed by atoms with Crippen molar-refractivity contribution in [3.05, 3.63) is 34.3 Å². The van der Waals surface area contributed by atoms with E-state index < -0.39 is 0 Å². The zero-order chi connectivity index (χ0) is 10.7. The quantitative estimate of drug-likeness (QED) is 0.835. The number of hydrogen-bond acceptors (Lipinski definition) is 5. The third-order valence-electron chi connectivity index (χ3n) is 1.97. The summed E-state index contributed by atoms with van der Waals surface area (Å²) in [5, 5.41) is 5.09. The van der Waals surface area contributed by atoms with Crippen LogP contribution in [-0.4, -0.2) is 11.5 Å². The van der Waals surface area contributed by atoms with E-state index in [0.29, 0.717) is 11.8 Å². The Kier molecular flexibility index (Phi) is 3.45. The van der Waals surface area contributed by atoms with Crippen LogP contribution in [0.2, 0.25) is 0 Å². The number of thiophene rings is 1. The highest BCUT2D eigenvalue weighted by Crippen LogP contribution is 2.34. The van der Waals surface area contributed by atoms with Gasteiger partial charge in [0.05, 0.1) is 10.9 Å². The monoisotopic (exact) mass is 240 g/mol. The maximum atomic E-state index is 5.73. The van der Waals surface area contributed by atoms with Gasteiger partial charge in [0.25, 0.3) is 5.22 Å². The van der Waals surface area contributed by atoms with Crippen molar-refractivity contribution in [2.75, 3.05) is 6.54 Å². The summed E-state index contributed by atoms with van der Waals surface area (Å²) < 4.78 is 5.29. The Bertz CT molecular complexity index is 411. The minimum Gasteiger partial charge on any atom is -0.440 e. The maximum absolute atomic E-state index is 5.73. The molecule has 0 radical (unpaired) electrons. The molecule has 0 saturated heterocycles. The van der Waals surface area contributed by atoms with Gasteiger partial charge in [-0.05, 0) is 29.3 Å². The lowest BCUT2D eigenvalue weighted by atomic mass is 10.2. The van der Waals surface area contributed by atoms with Gasteiger partial charge in [-0.2, -0.15) is 11.3 Å². The van der Waals surface area contributed by atoms with E-state index in [4.69, 9.17) is 10.2 Å². The molecule has 5 heteroatoms. The summed E-state index contributed by atoms with van der Waals surface area (Å²) in [5.41, 5.74) is 7.87. The van der Waals surface area contributed by atoms with Gasteiger partial charge in [-0.15, -0.1) is 0 Å². The number of rotatable bonds is 4. The second-order valence-corrected chi connectivity index (χ2v) is 5.09. The number of oxazole rings is 1. The Morgan fingerprint density at radius 1 is 1.67 bits per heavy atom. The molecule has 0 amide bonds. The first-order valence-electron chi connectivity index (χ1n) is 4.60. The predicted octanol–water partition coefficient (Wildman–Crippen LogP) is 2.84. The third kappa shape index (κ3) is 2.62. The van der Waals surface area contributed by atoms with Gasteiger partial charge < -0.3 is 10.2 Å². The van der Waals surface area contributed by atoms with E-state index in [0.717, 1.165) is 5.69 Å². The lowest BCUT2D eigenvalue weighted by Crippen LogP contribution is -2.08. The summed E-state index contributed by atoms with van der Waals surface area (Å²) in [7, 11) is 0. The number of thioether (sulfide) groups is 1. The molecule has 0 aromatic carbocycles. The van der Waals surface area contributed by atoms with Crippen molar-refractivity contribution in [1.29, 1.82) is 0 Å². The van der Waals surface area contributed by atoms with Crippen molar-refractivity contribution in [2.24, 2.45) is 5.73 Å². The molecule has 0 bridgehead atoms. The highest BCUT2D eigenvalue weighted by molar-refractivity contribution is 7.99. The number of nitrogens with zero attached hydrogens (tertiary/aromatic N) is 1. The fraction of sp³-hybridized carbons (Fsp3) is 0.300. The van der Waals surface area contributed by atoms with Gasteiger partial charge in [0.15, 0.2) is 0 Å². The molecule has 1 unspecified atom stereocenters. The van der Waals surface area contributed by atoms with Gasteiger partial charge in [0.2, 0.25) is 0 Å². The first kappa shape index (κ1) is 10.7. The molecule has 0 aliphatic rings. The Balaban J connectivity index is 2.09. The van der Waals surface area contributed by atoms with Crippen LogP contribution in [-0.2, 0) is 0 Å². The highest BCUT2D eigenvalue weighted by atomic mass is 32.2. The minimum absolute atomic E-state index is 0.231. The number of aromatic nitrogens is 1. The fourth-order valence-electron chi connectivity index (χ4n) is 1.22. The van der Waals surface area contributed by atoms with E-state index >= 15 is 0 Å². The summed E-state index contributed by atoms with van der Waals surface area (Å²) in [6, 6.07) is 2.09. The normalized spacial score (nSPS) is 12.9. The highest BCUT2D eigenvalue weighted by Gasteiger charge is 2.14. The molecule has 2 aromatic heterocycles. The average molecular weight is 240 g/mol. The van der Waals surface area contributed by atoms with Crippen LogP contribution in [0.15, 0.2) is 32.7 Å². The van der Waals surface area contributed by atoms with Gasteiger partial charge in [-0.1, -0.05) is 11.8 Å². The maximum Gasteiger partial charge on any atom is 0.256 e. The van der Waals surface area contributed by atoms with E-state index in [2.05, 4.69) is 21.8 Å². The summed E-state index contributed by atoms with van der Waals surface area (Å²) in [5.74, 6) is 0. The Labute approximate surface area is 96.7 Å². The molecule has 0 spiro atoms. The van der Waals surface area contributed by atoms with E-state index in [1.165, 1.54) is 5.56 Å². The van der Waals surface area contributed by atoms with Gasteiger partial charge >= 0.3 is 0 Å². The van der Waals surface area contributed by atoms with Crippen LogP contribution in [0.3, 0.4) is 0 Å². The Hall–Kier alpha value is -0.780. The van der Waals surface area contributed by atoms with Crippen LogP contribution in [0.1, 0.15) is 16.5 Å². The van der Waals surface area contributed by atoms with Crippen molar-refractivity contribution in [1.82, 2.24) is 4.98 Å². The number of aryl methyl sites for hydroxylation is 1. The molecule has 15 heavy (non-hydrogen) atoms. The molecule has 2 heterocycles. The van der Waals surface area contributed by atoms with Crippen molar-refractivity contribution >= 4 is 23.1 Å². The first-order chi connectivity index (χ1) is 7.29.